The molecule has 128 valence electrons. The summed E-state index contributed by atoms with van der Waals surface area (Å²) < 4.78 is 23.0. The van der Waals surface area contributed by atoms with Gasteiger partial charge in [0, 0.05) is 5.69 Å². The smallest absolute Gasteiger partial charge is 0.238 e. The Labute approximate surface area is 148 Å². The number of rotatable bonds is 4. The Kier molecular flexibility index (Phi) is 5.16. The molecular formula is C20H20N2O2S. The molecule has 25 heavy (non-hydrogen) atoms. The molecule has 2 aliphatic rings. The second kappa shape index (κ2) is 7.51. The van der Waals surface area contributed by atoms with Crippen molar-refractivity contribution >= 4 is 15.7 Å². The molecule has 0 unspecified atom stereocenters. The van der Waals surface area contributed by atoms with Gasteiger partial charge in [0.25, 0.3) is 0 Å². The molecule has 0 amide bonds. The number of allylic oxidation sites excluding steroid dienone is 8. The predicted molar refractivity (Wildman–Crippen MR) is 103 cm³/mol. The van der Waals surface area contributed by atoms with Gasteiger partial charge in [0.2, 0.25) is 10.0 Å². The summed E-state index contributed by atoms with van der Waals surface area (Å²) in [6.45, 7) is 0. The second-order valence-electron chi connectivity index (χ2n) is 5.74. The number of primary sulfonamides is 1. The Balaban J connectivity index is 2.01. The van der Waals surface area contributed by atoms with Gasteiger partial charge >= 0.3 is 0 Å². The van der Waals surface area contributed by atoms with Gasteiger partial charge < -0.3 is 4.90 Å². The summed E-state index contributed by atoms with van der Waals surface area (Å²) in [6, 6.07) is 6.74. The number of sulfonamides is 1. The average molecular weight is 352 g/mol. The second-order valence-corrected chi connectivity index (χ2v) is 7.30. The summed E-state index contributed by atoms with van der Waals surface area (Å²) in [5.74, 6) is 0. The molecule has 0 saturated heterocycles. The maximum Gasteiger partial charge on any atom is 0.238 e. The minimum absolute atomic E-state index is 0.0349. The van der Waals surface area contributed by atoms with Gasteiger partial charge in [-0.3, -0.25) is 0 Å². The van der Waals surface area contributed by atoms with E-state index in [1.165, 1.54) is 0 Å². The van der Waals surface area contributed by atoms with Gasteiger partial charge in [-0.15, -0.1) is 0 Å². The fourth-order valence-electron chi connectivity index (χ4n) is 2.82. The van der Waals surface area contributed by atoms with E-state index < -0.39 is 10.0 Å². The van der Waals surface area contributed by atoms with E-state index in [2.05, 4.69) is 29.2 Å². The zero-order valence-corrected chi connectivity index (χ0v) is 14.5. The molecule has 0 saturated carbocycles. The number of hydrogen-bond acceptors (Lipinski definition) is 3. The van der Waals surface area contributed by atoms with Crippen LogP contribution >= 0.6 is 0 Å². The molecule has 0 aromatic heterocycles. The monoisotopic (exact) mass is 352 g/mol. The van der Waals surface area contributed by atoms with Crippen molar-refractivity contribution in [2.45, 2.75) is 17.0 Å². The highest BCUT2D eigenvalue weighted by molar-refractivity contribution is 7.89. The third-order valence-corrected chi connectivity index (χ3v) is 4.93. The molecule has 5 heteroatoms. The van der Waals surface area contributed by atoms with E-state index in [1.807, 2.05) is 48.6 Å². The summed E-state index contributed by atoms with van der Waals surface area (Å²) in [6.07, 6.45) is 24.4. The first kappa shape index (κ1) is 17.2. The van der Waals surface area contributed by atoms with Crippen LogP contribution in [0.2, 0.25) is 0 Å². The molecule has 0 radical (unpaired) electrons. The number of nitrogens with zero attached hydrogens (tertiary/aromatic N) is 1. The lowest BCUT2D eigenvalue weighted by atomic mass is 10.1. The van der Waals surface area contributed by atoms with Gasteiger partial charge in [0.1, 0.15) is 0 Å². The summed E-state index contributed by atoms with van der Waals surface area (Å²) in [4.78, 5) is 2.32. The van der Waals surface area contributed by atoms with Crippen LogP contribution in [0.3, 0.4) is 0 Å². The highest BCUT2D eigenvalue weighted by Gasteiger charge is 2.21. The van der Waals surface area contributed by atoms with E-state index >= 15 is 0 Å². The van der Waals surface area contributed by atoms with Gasteiger partial charge in [-0.05, 0) is 24.3 Å². The van der Waals surface area contributed by atoms with Crippen molar-refractivity contribution in [2.24, 2.45) is 5.14 Å². The highest BCUT2D eigenvalue weighted by Crippen LogP contribution is 2.26. The minimum Gasteiger partial charge on any atom is -0.352 e. The number of benzene rings is 1. The van der Waals surface area contributed by atoms with Crippen molar-refractivity contribution < 1.29 is 8.42 Å². The first-order chi connectivity index (χ1) is 12.1. The maximum atomic E-state index is 11.5. The lowest BCUT2D eigenvalue weighted by molar-refractivity contribution is 0.598. The minimum atomic E-state index is -3.70. The SMILES string of the molecule is NS(=O)(=O)c1ccc(N(C2C=CC=CC=C2)C2C=CC=CC=C2)cc1. The molecule has 0 fully saturated rings. The van der Waals surface area contributed by atoms with Gasteiger partial charge in [0.15, 0.2) is 0 Å². The summed E-state index contributed by atoms with van der Waals surface area (Å²) >= 11 is 0. The first-order valence-corrected chi connectivity index (χ1v) is 9.55. The lowest BCUT2D eigenvalue weighted by Crippen LogP contribution is -2.39. The van der Waals surface area contributed by atoms with Crippen LogP contribution in [-0.2, 0) is 10.0 Å². The topological polar surface area (TPSA) is 63.4 Å². The van der Waals surface area contributed by atoms with Gasteiger partial charge in [0.05, 0.1) is 17.0 Å². The zero-order chi connectivity index (χ0) is 17.7. The van der Waals surface area contributed by atoms with Gasteiger partial charge in [-0.2, -0.15) is 0 Å². The number of anilines is 1. The standard InChI is InChI=1S/C20H20N2O2S/c21-25(23,24)20-15-13-19(14-16-20)22(17-9-5-1-2-6-10-17)18-11-7-3-4-8-12-18/h1-18H,(H2,21,23,24). The van der Waals surface area contributed by atoms with Crippen LogP contribution in [0, 0.1) is 0 Å². The van der Waals surface area contributed by atoms with Crippen LogP contribution in [0.25, 0.3) is 0 Å². The van der Waals surface area contributed by atoms with E-state index in [4.69, 9.17) is 5.14 Å². The largest absolute Gasteiger partial charge is 0.352 e. The maximum absolute atomic E-state index is 11.5. The molecule has 2 aliphatic carbocycles. The van der Waals surface area contributed by atoms with Gasteiger partial charge in [-0.1, -0.05) is 72.9 Å². The Hall–Kier alpha value is -2.63. The van der Waals surface area contributed by atoms with Crippen molar-refractivity contribution in [3.8, 4) is 0 Å². The quantitative estimate of drug-likeness (QED) is 0.905. The molecule has 0 atom stereocenters. The van der Waals surface area contributed by atoms with Crippen LogP contribution in [0.15, 0.2) is 102 Å². The molecule has 0 spiro atoms. The number of nitrogens with two attached hydrogens (primary N) is 1. The molecule has 3 rings (SSSR count). The first-order valence-electron chi connectivity index (χ1n) is 8.00. The fraction of sp³-hybridized carbons (Fsp3) is 0.100. The summed E-state index contributed by atoms with van der Waals surface area (Å²) in [7, 11) is -3.70. The molecule has 1 aromatic carbocycles. The van der Waals surface area contributed by atoms with E-state index in [-0.39, 0.29) is 17.0 Å². The van der Waals surface area contributed by atoms with Crippen LogP contribution in [0.5, 0.6) is 0 Å². The fourth-order valence-corrected chi connectivity index (χ4v) is 3.33. The van der Waals surface area contributed by atoms with Crippen LogP contribution in [0.4, 0.5) is 5.69 Å². The molecule has 4 nitrogen and oxygen atoms in total. The molecule has 0 heterocycles. The van der Waals surface area contributed by atoms with E-state index in [9.17, 15) is 8.42 Å². The van der Waals surface area contributed by atoms with E-state index in [0.29, 0.717) is 0 Å². The third-order valence-electron chi connectivity index (χ3n) is 4.01. The Bertz CT molecular complexity index is 818. The molecule has 2 N–H and O–H groups in total. The van der Waals surface area contributed by atoms with E-state index in [0.717, 1.165) is 5.69 Å². The zero-order valence-electron chi connectivity index (χ0n) is 13.6. The predicted octanol–water partition coefficient (Wildman–Crippen LogP) is 3.24. The molecule has 0 aliphatic heterocycles. The molecule has 0 bridgehead atoms. The van der Waals surface area contributed by atoms with E-state index in [1.54, 1.807) is 24.3 Å². The van der Waals surface area contributed by atoms with Crippen LogP contribution in [0.1, 0.15) is 0 Å². The normalized spacial score (nSPS) is 17.6. The third kappa shape index (κ3) is 4.26. The summed E-state index contributed by atoms with van der Waals surface area (Å²) in [5, 5.41) is 5.21. The summed E-state index contributed by atoms with van der Waals surface area (Å²) in [5.41, 5.74) is 0.912. The number of hydrogen-bond donors (Lipinski definition) is 1. The van der Waals surface area contributed by atoms with Crippen molar-refractivity contribution in [1.82, 2.24) is 0 Å². The Morgan fingerprint density at radius 2 is 1.08 bits per heavy atom. The van der Waals surface area contributed by atoms with Crippen molar-refractivity contribution in [2.75, 3.05) is 4.90 Å². The van der Waals surface area contributed by atoms with Crippen LogP contribution < -0.4 is 10.0 Å². The molecule has 1 aromatic rings. The Morgan fingerprint density at radius 1 is 0.680 bits per heavy atom. The Morgan fingerprint density at radius 3 is 1.44 bits per heavy atom. The van der Waals surface area contributed by atoms with Gasteiger partial charge in [-0.25, -0.2) is 13.6 Å². The van der Waals surface area contributed by atoms with Crippen LogP contribution in [-0.4, -0.2) is 20.5 Å². The average Bonchev–Trinajstić information content (AvgIpc) is 3.00. The lowest BCUT2D eigenvalue weighted by Gasteiger charge is -2.35. The van der Waals surface area contributed by atoms with Crippen molar-refractivity contribution in [3.05, 3.63) is 97.2 Å². The highest BCUT2D eigenvalue weighted by atomic mass is 32.2. The van der Waals surface area contributed by atoms with Crippen molar-refractivity contribution in [3.63, 3.8) is 0 Å². The molecular weight excluding hydrogens is 332 g/mol. The van der Waals surface area contributed by atoms with Crippen molar-refractivity contribution in [1.29, 1.82) is 0 Å².